The first kappa shape index (κ1) is 26.4. The zero-order chi connectivity index (χ0) is 24.1. The van der Waals surface area contributed by atoms with Gasteiger partial charge >= 0.3 is 0 Å². The predicted molar refractivity (Wildman–Crippen MR) is 132 cm³/mol. The number of aromatic nitrogens is 1. The van der Waals surface area contributed by atoms with Crippen LogP contribution in [0.3, 0.4) is 0 Å². The Bertz CT molecular complexity index is 968. The van der Waals surface area contributed by atoms with Crippen LogP contribution in [-0.4, -0.2) is 21.5 Å². The Morgan fingerprint density at radius 1 is 0.848 bits per heavy atom. The number of aryl methyl sites for hydroxylation is 1. The summed E-state index contributed by atoms with van der Waals surface area (Å²) in [7, 11) is 0. The first-order chi connectivity index (χ1) is 16.0. The van der Waals surface area contributed by atoms with E-state index in [1.807, 2.05) is 0 Å². The number of fused-ring (bicyclic) bond motifs is 1. The molecule has 0 atom stereocenters. The van der Waals surface area contributed by atoms with E-state index in [0.29, 0.717) is 23.9 Å². The lowest BCUT2D eigenvalue weighted by Gasteiger charge is -2.14. The number of nitrogens with one attached hydrogen (secondary N) is 2. The highest BCUT2D eigenvalue weighted by molar-refractivity contribution is 6.02. The lowest BCUT2D eigenvalue weighted by molar-refractivity contribution is -0.122. The molecule has 0 unspecified atom stereocenters. The average molecular weight is 458 g/mol. The summed E-state index contributed by atoms with van der Waals surface area (Å²) in [5, 5.41) is 10.9. The molecule has 1 heterocycles. The quantitative estimate of drug-likeness (QED) is 0.268. The monoisotopic (exact) mass is 457 g/mol. The number of aromatic hydroxyl groups is 1. The standard InChI is InChI=1S/C26H39N3O4/c1-3-5-6-7-8-9-10-11-12-13-14-19-22(30)27-28-25(32)23-24(31)20-17-15-16-18-21(20)29(4-2)26(23)33/h15-18,31H,3-14,19H2,1-2H3,(H,27,30)(H,28,32). The molecule has 0 aliphatic heterocycles. The van der Waals surface area contributed by atoms with Crippen LogP contribution in [0, 0.1) is 0 Å². The second-order valence-electron chi connectivity index (χ2n) is 8.58. The summed E-state index contributed by atoms with van der Waals surface area (Å²) in [6.45, 7) is 4.38. The van der Waals surface area contributed by atoms with Crippen LogP contribution >= 0.6 is 0 Å². The summed E-state index contributed by atoms with van der Waals surface area (Å²) in [5.74, 6) is -1.51. The summed E-state index contributed by atoms with van der Waals surface area (Å²) in [4.78, 5) is 37.4. The summed E-state index contributed by atoms with van der Waals surface area (Å²) >= 11 is 0. The summed E-state index contributed by atoms with van der Waals surface area (Å²) in [6.07, 6.45) is 13.5. The van der Waals surface area contributed by atoms with Crippen LogP contribution in [0.15, 0.2) is 29.1 Å². The van der Waals surface area contributed by atoms with Gasteiger partial charge in [-0.3, -0.25) is 25.2 Å². The van der Waals surface area contributed by atoms with Gasteiger partial charge in [-0.2, -0.15) is 0 Å². The molecule has 1 aromatic heterocycles. The van der Waals surface area contributed by atoms with Crippen molar-refractivity contribution in [1.29, 1.82) is 0 Å². The van der Waals surface area contributed by atoms with Crippen molar-refractivity contribution in [2.45, 2.75) is 97.4 Å². The Hall–Kier alpha value is -2.83. The largest absolute Gasteiger partial charge is 0.506 e. The zero-order valence-electron chi connectivity index (χ0n) is 20.1. The van der Waals surface area contributed by atoms with E-state index in [1.54, 1.807) is 31.2 Å². The van der Waals surface area contributed by atoms with E-state index >= 15 is 0 Å². The van der Waals surface area contributed by atoms with Crippen molar-refractivity contribution >= 4 is 22.7 Å². The molecule has 7 heteroatoms. The van der Waals surface area contributed by atoms with Gasteiger partial charge in [0.25, 0.3) is 11.5 Å². The molecular weight excluding hydrogens is 418 g/mol. The van der Waals surface area contributed by atoms with E-state index in [2.05, 4.69) is 17.8 Å². The average Bonchev–Trinajstić information content (AvgIpc) is 2.81. The fraction of sp³-hybridized carbons (Fsp3) is 0.577. The molecule has 2 aromatic rings. The molecule has 0 aliphatic carbocycles. The maximum absolute atomic E-state index is 12.7. The molecule has 0 radical (unpaired) electrons. The number of benzene rings is 1. The van der Waals surface area contributed by atoms with Crippen LogP contribution in [0.5, 0.6) is 5.75 Å². The number of pyridine rings is 1. The molecule has 3 N–H and O–H groups in total. The number of para-hydroxylation sites is 1. The van der Waals surface area contributed by atoms with Crippen molar-refractivity contribution in [1.82, 2.24) is 15.4 Å². The molecule has 33 heavy (non-hydrogen) atoms. The Kier molecular flexibility index (Phi) is 11.5. The van der Waals surface area contributed by atoms with E-state index < -0.39 is 11.5 Å². The van der Waals surface area contributed by atoms with Crippen molar-refractivity contribution in [2.24, 2.45) is 0 Å². The minimum absolute atomic E-state index is 0.306. The molecule has 2 amide bonds. The fourth-order valence-corrected chi connectivity index (χ4v) is 4.11. The van der Waals surface area contributed by atoms with Crippen molar-refractivity contribution in [3.8, 4) is 5.75 Å². The van der Waals surface area contributed by atoms with Gasteiger partial charge < -0.3 is 9.67 Å². The maximum Gasteiger partial charge on any atom is 0.279 e. The number of unbranched alkanes of at least 4 members (excludes halogenated alkanes) is 10. The molecular formula is C26H39N3O4. The topological polar surface area (TPSA) is 100 Å². The second kappa shape index (κ2) is 14.3. The third-order valence-electron chi connectivity index (χ3n) is 6.01. The number of hydrogen-bond acceptors (Lipinski definition) is 4. The van der Waals surface area contributed by atoms with Gasteiger partial charge in [0.2, 0.25) is 5.91 Å². The molecule has 0 bridgehead atoms. The number of hydrazine groups is 1. The smallest absolute Gasteiger partial charge is 0.279 e. The number of carbonyl (C=O) groups is 2. The number of rotatable bonds is 14. The predicted octanol–water partition coefficient (Wildman–Crippen LogP) is 5.19. The van der Waals surface area contributed by atoms with E-state index in [-0.39, 0.29) is 17.2 Å². The van der Waals surface area contributed by atoms with Crippen molar-refractivity contribution in [2.75, 3.05) is 0 Å². The molecule has 0 saturated heterocycles. The SMILES string of the molecule is CCCCCCCCCCCCCC(=O)NNC(=O)c1c(O)c2ccccc2n(CC)c1=O. The molecule has 7 nitrogen and oxygen atoms in total. The molecule has 0 fully saturated rings. The molecule has 182 valence electrons. The number of carbonyl (C=O) groups excluding carboxylic acids is 2. The summed E-state index contributed by atoms with van der Waals surface area (Å²) in [6, 6.07) is 6.86. The zero-order valence-corrected chi connectivity index (χ0v) is 20.1. The number of hydrogen-bond donors (Lipinski definition) is 3. The van der Waals surface area contributed by atoms with Crippen LogP contribution in [0.2, 0.25) is 0 Å². The summed E-state index contributed by atoms with van der Waals surface area (Å²) < 4.78 is 1.43. The van der Waals surface area contributed by atoms with Crippen LogP contribution in [0.4, 0.5) is 0 Å². The maximum atomic E-state index is 12.7. The van der Waals surface area contributed by atoms with Crippen molar-refractivity contribution in [3.05, 3.63) is 40.2 Å². The number of amides is 2. The minimum Gasteiger partial charge on any atom is -0.506 e. The van der Waals surface area contributed by atoms with Gasteiger partial charge in [-0.25, -0.2) is 0 Å². The Morgan fingerprint density at radius 2 is 1.42 bits per heavy atom. The van der Waals surface area contributed by atoms with Gasteiger partial charge in [0.1, 0.15) is 11.3 Å². The van der Waals surface area contributed by atoms with Crippen LogP contribution in [0.1, 0.15) is 101 Å². The van der Waals surface area contributed by atoms with Gasteiger partial charge in [0, 0.05) is 18.4 Å². The third-order valence-corrected chi connectivity index (χ3v) is 6.01. The highest BCUT2D eigenvalue weighted by Gasteiger charge is 2.22. The molecule has 0 saturated carbocycles. The van der Waals surface area contributed by atoms with E-state index in [1.165, 1.54) is 55.9 Å². The van der Waals surface area contributed by atoms with E-state index in [9.17, 15) is 19.5 Å². The van der Waals surface area contributed by atoms with E-state index in [0.717, 1.165) is 19.3 Å². The Morgan fingerprint density at radius 3 is 2.03 bits per heavy atom. The first-order valence-electron chi connectivity index (χ1n) is 12.4. The lowest BCUT2D eigenvalue weighted by atomic mass is 10.1. The van der Waals surface area contributed by atoms with E-state index in [4.69, 9.17) is 0 Å². The second-order valence-corrected chi connectivity index (χ2v) is 8.58. The van der Waals surface area contributed by atoms with Gasteiger partial charge in [-0.1, -0.05) is 83.3 Å². The Labute approximate surface area is 196 Å². The first-order valence-corrected chi connectivity index (χ1v) is 12.4. The molecule has 0 aliphatic rings. The molecule has 1 aromatic carbocycles. The highest BCUT2D eigenvalue weighted by Crippen LogP contribution is 2.26. The van der Waals surface area contributed by atoms with Gasteiger partial charge in [0.05, 0.1) is 5.52 Å². The summed E-state index contributed by atoms with van der Waals surface area (Å²) in [5.41, 5.74) is 4.23. The minimum atomic E-state index is -0.822. The van der Waals surface area contributed by atoms with Crippen LogP contribution in [0.25, 0.3) is 10.9 Å². The van der Waals surface area contributed by atoms with Crippen molar-refractivity contribution in [3.63, 3.8) is 0 Å². The normalized spacial score (nSPS) is 11.0. The Balaban J connectivity index is 1.73. The van der Waals surface area contributed by atoms with Crippen LogP contribution in [-0.2, 0) is 11.3 Å². The number of nitrogens with zero attached hydrogens (tertiary/aromatic N) is 1. The van der Waals surface area contributed by atoms with Gasteiger partial charge in [0.15, 0.2) is 0 Å². The fourth-order valence-electron chi connectivity index (χ4n) is 4.11. The highest BCUT2D eigenvalue weighted by atomic mass is 16.3. The molecule has 0 spiro atoms. The van der Waals surface area contributed by atoms with Gasteiger partial charge in [-0.15, -0.1) is 0 Å². The van der Waals surface area contributed by atoms with Crippen LogP contribution < -0.4 is 16.4 Å². The third kappa shape index (κ3) is 7.91. The lowest BCUT2D eigenvalue weighted by Crippen LogP contribution is -2.44. The van der Waals surface area contributed by atoms with Crippen molar-refractivity contribution < 1.29 is 14.7 Å². The van der Waals surface area contributed by atoms with Gasteiger partial charge in [-0.05, 0) is 25.5 Å². The molecule has 2 rings (SSSR count).